The lowest BCUT2D eigenvalue weighted by Crippen LogP contribution is -2.27. The van der Waals surface area contributed by atoms with Crippen molar-refractivity contribution in [2.75, 3.05) is 36.1 Å². The molecule has 2 amide bonds. The Balaban J connectivity index is 1.49. The van der Waals surface area contributed by atoms with E-state index in [9.17, 15) is 18.7 Å². The van der Waals surface area contributed by atoms with Gasteiger partial charge in [0.2, 0.25) is 0 Å². The summed E-state index contributed by atoms with van der Waals surface area (Å²) in [5, 5.41) is 10.9. The van der Waals surface area contributed by atoms with Gasteiger partial charge < -0.3 is 30.3 Å². The average molecular weight is 559 g/mol. The minimum absolute atomic E-state index is 0.0977. The fourth-order valence-electron chi connectivity index (χ4n) is 3.25. The normalized spacial score (nSPS) is 13.7. The van der Waals surface area contributed by atoms with Gasteiger partial charge in [0.25, 0.3) is 0 Å². The Hall–Kier alpha value is -3.74. The van der Waals surface area contributed by atoms with Crippen LogP contribution in [0.2, 0.25) is 0 Å². The number of alkyl carbamates (subject to hydrolysis) is 2. The summed E-state index contributed by atoms with van der Waals surface area (Å²) in [6.45, 7) is 3.16. The van der Waals surface area contributed by atoms with E-state index in [1.807, 2.05) is 60.7 Å². The second-order valence-electron chi connectivity index (χ2n) is 8.76. The molecule has 0 saturated heterocycles. The second-order valence-corrected chi connectivity index (χ2v) is 14.2. The van der Waals surface area contributed by atoms with E-state index < -0.39 is 26.8 Å². The maximum absolute atomic E-state index is 13.1. The molecule has 0 aliphatic heterocycles. The van der Waals surface area contributed by atoms with Gasteiger partial charge in [0.1, 0.15) is 13.2 Å². The minimum Gasteiger partial charge on any atom is -0.445 e. The molecule has 3 aromatic carbocycles. The lowest BCUT2D eigenvalue weighted by Gasteiger charge is -2.22. The van der Waals surface area contributed by atoms with Crippen LogP contribution in [-0.2, 0) is 31.8 Å². The maximum atomic E-state index is 13.1. The molecular formula is C26H32N4O6P2. The first-order valence-corrected chi connectivity index (χ1v) is 16.5. The SMILES string of the molecule is CP(=O)(CNC(=O)OCc1ccccc1)Nc1ccccc1NP(C)(=O)CNC(=O)OCc1ccccc1. The molecule has 0 spiro atoms. The summed E-state index contributed by atoms with van der Waals surface area (Å²) in [7, 11) is -6.21. The standard InChI is InChI=1S/C26H32N4O6P2/c1-37(33,19-27-25(31)35-17-21-11-5-3-6-12-21)29-23-15-9-10-16-24(23)30-38(2,34)20-28-26(32)36-18-22-13-7-4-8-14-22/h3-16H,17-20H2,1-2H3,(H,27,31)(H,28,32)(H,29,33)(H,30,34). The molecule has 0 aliphatic carbocycles. The third-order valence-corrected chi connectivity index (χ3v) is 8.07. The van der Waals surface area contributed by atoms with E-state index in [1.165, 1.54) is 13.3 Å². The van der Waals surface area contributed by atoms with Gasteiger partial charge in [0, 0.05) is 13.3 Å². The fraction of sp³-hybridized carbons (Fsp3) is 0.231. The highest BCUT2D eigenvalue weighted by atomic mass is 31.2. The Morgan fingerprint density at radius 2 is 0.947 bits per heavy atom. The van der Waals surface area contributed by atoms with Crippen LogP contribution >= 0.6 is 14.6 Å². The topological polar surface area (TPSA) is 135 Å². The van der Waals surface area contributed by atoms with E-state index >= 15 is 0 Å². The zero-order chi connectivity index (χ0) is 27.4. The van der Waals surface area contributed by atoms with Crippen LogP contribution in [-0.4, -0.2) is 38.1 Å². The van der Waals surface area contributed by atoms with Crippen LogP contribution in [0.5, 0.6) is 0 Å². The van der Waals surface area contributed by atoms with Gasteiger partial charge in [-0.1, -0.05) is 72.8 Å². The molecule has 202 valence electrons. The van der Waals surface area contributed by atoms with Gasteiger partial charge in [-0.2, -0.15) is 0 Å². The lowest BCUT2D eigenvalue weighted by molar-refractivity contribution is 0.140. The molecule has 0 aliphatic rings. The van der Waals surface area contributed by atoms with E-state index in [0.29, 0.717) is 11.4 Å². The predicted octanol–water partition coefficient (Wildman–Crippen LogP) is 6.09. The molecule has 0 radical (unpaired) electrons. The van der Waals surface area contributed by atoms with E-state index in [-0.39, 0.29) is 25.8 Å². The van der Waals surface area contributed by atoms with Gasteiger partial charge in [-0.3, -0.25) is 9.13 Å². The number of ether oxygens (including phenoxy) is 2. The number of benzene rings is 3. The summed E-state index contributed by atoms with van der Waals surface area (Å²) in [4.78, 5) is 24.1. The number of amides is 2. The molecule has 0 bridgehead atoms. The van der Waals surface area contributed by atoms with Crippen LogP contribution in [0.4, 0.5) is 21.0 Å². The Kier molecular flexibility index (Phi) is 10.4. The number of carbonyl (C=O) groups is 2. The van der Waals surface area contributed by atoms with Gasteiger partial charge in [0.15, 0.2) is 14.6 Å². The third-order valence-electron chi connectivity index (χ3n) is 5.12. The van der Waals surface area contributed by atoms with E-state index in [2.05, 4.69) is 20.8 Å². The molecule has 0 saturated carbocycles. The van der Waals surface area contributed by atoms with Gasteiger partial charge >= 0.3 is 12.2 Å². The highest BCUT2D eigenvalue weighted by molar-refractivity contribution is 7.65. The molecule has 3 aromatic rings. The van der Waals surface area contributed by atoms with Crippen LogP contribution < -0.4 is 20.8 Å². The van der Waals surface area contributed by atoms with Crippen molar-refractivity contribution >= 4 is 38.1 Å². The average Bonchev–Trinajstić information content (AvgIpc) is 2.90. The second kappa shape index (κ2) is 13.7. The van der Waals surface area contributed by atoms with Gasteiger partial charge in [-0.25, -0.2) is 9.59 Å². The molecule has 10 nitrogen and oxygen atoms in total. The lowest BCUT2D eigenvalue weighted by atomic mass is 10.2. The van der Waals surface area contributed by atoms with Crippen LogP contribution in [0, 0.1) is 0 Å². The van der Waals surface area contributed by atoms with E-state index in [0.717, 1.165) is 11.1 Å². The number of hydrogen-bond donors (Lipinski definition) is 4. The smallest absolute Gasteiger partial charge is 0.407 e. The van der Waals surface area contributed by atoms with Crippen LogP contribution in [0.15, 0.2) is 84.9 Å². The molecule has 12 heteroatoms. The molecule has 3 rings (SSSR count). The van der Waals surface area contributed by atoms with Crippen molar-refractivity contribution in [1.29, 1.82) is 0 Å². The Bertz CT molecular complexity index is 1210. The van der Waals surface area contributed by atoms with Crippen molar-refractivity contribution in [3.05, 3.63) is 96.1 Å². The van der Waals surface area contributed by atoms with Crippen molar-refractivity contribution in [2.24, 2.45) is 0 Å². The molecule has 38 heavy (non-hydrogen) atoms. The Labute approximate surface area is 222 Å². The number of anilines is 2. The summed E-state index contributed by atoms with van der Waals surface area (Å²) >= 11 is 0. The van der Waals surface area contributed by atoms with Crippen molar-refractivity contribution in [2.45, 2.75) is 13.2 Å². The number of rotatable bonds is 12. The zero-order valence-corrected chi connectivity index (χ0v) is 23.0. The monoisotopic (exact) mass is 558 g/mol. The number of carbonyl (C=O) groups excluding carboxylic acids is 2. The van der Waals surface area contributed by atoms with Crippen molar-refractivity contribution in [3.63, 3.8) is 0 Å². The third kappa shape index (κ3) is 10.3. The highest BCUT2D eigenvalue weighted by Crippen LogP contribution is 2.46. The molecule has 2 atom stereocenters. The summed E-state index contributed by atoms with van der Waals surface area (Å²) < 4.78 is 36.6. The van der Waals surface area contributed by atoms with Crippen LogP contribution in [0.25, 0.3) is 0 Å². The minimum atomic E-state index is -3.11. The number of nitrogens with one attached hydrogen (secondary N) is 4. The highest BCUT2D eigenvalue weighted by Gasteiger charge is 2.22. The molecule has 2 unspecified atom stereocenters. The molecular weight excluding hydrogens is 526 g/mol. The Morgan fingerprint density at radius 1 is 0.605 bits per heavy atom. The zero-order valence-electron chi connectivity index (χ0n) is 21.3. The predicted molar refractivity (Wildman–Crippen MR) is 150 cm³/mol. The summed E-state index contributed by atoms with van der Waals surface area (Å²) in [6.07, 6.45) is -1.69. The first-order chi connectivity index (χ1) is 18.1. The van der Waals surface area contributed by atoms with Crippen molar-refractivity contribution < 1.29 is 28.2 Å². The quantitative estimate of drug-likeness (QED) is 0.196. The molecule has 0 heterocycles. The van der Waals surface area contributed by atoms with E-state index in [1.54, 1.807) is 24.3 Å². The fourth-order valence-corrected chi connectivity index (χ4v) is 5.67. The summed E-state index contributed by atoms with van der Waals surface area (Å²) in [6, 6.07) is 25.2. The maximum Gasteiger partial charge on any atom is 0.407 e. The van der Waals surface area contributed by atoms with Crippen LogP contribution in [0.3, 0.4) is 0 Å². The number of para-hydroxylation sites is 2. The first-order valence-electron chi connectivity index (χ1n) is 11.8. The summed E-state index contributed by atoms with van der Waals surface area (Å²) in [5.41, 5.74) is 2.55. The number of hydrogen-bond acceptors (Lipinski definition) is 6. The molecule has 0 aromatic heterocycles. The van der Waals surface area contributed by atoms with Crippen molar-refractivity contribution in [3.8, 4) is 0 Å². The summed E-state index contributed by atoms with van der Waals surface area (Å²) in [5.74, 6) is 0. The Morgan fingerprint density at radius 3 is 1.32 bits per heavy atom. The van der Waals surface area contributed by atoms with Crippen molar-refractivity contribution in [1.82, 2.24) is 10.6 Å². The van der Waals surface area contributed by atoms with Crippen LogP contribution in [0.1, 0.15) is 11.1 Å². The molecule has 4 N–H and O–H groups in total. The first kappa shape index (κ1) is 28.8. The van der Waals surface area contributed by atoms with Gasteiger partial charge in [0.05, 0.1) is 23.9 Å². The van der Waals surface area contributed by atoms with Gasteiger partial charge in [-0.15, -0.1) is 0 Å². The largest absolute Gasteiger partial charge is 0.445 e. The van der Waals surface area contributed by atoms with E-state index in [4.69, 9.17) is 9.47 Å². The van der Waals surface area contributed by atoms with Gasteiger partial charge in [-0.05, 0) is 23.3 Å². The molecule has 0 fully saturated rings.